The molecule has 2 nitrogen and oxygen atoms in total. The van der Waals surface area contributed by atoms with Crippen LogP contribution in [0.1, 0.15) is 44.9 Å². The Morgan fingerprint density at radius 3 is 2.72 bits per heavy atom. The average Bonchev–Trinajstić information content (AvgIpc) is 3.00. The van der Waals surface area contributed by atoms with E-state index in [0.717, 1.165) is 12.6 Å². The van der Waals surface area contributed by atoms with E-state index < -0.39 is 0 Å². The molecule has 102 valence electrons. The lowest BCUT2D eigenvalue weighted by atomic mass is 10.1. The summed E-state index contributed by atoms with van der Waals surface area (Å²) in [5.74, 6) is 0. The zero-order valence-corrected chi connectivity index (χ0v) is 12.7. The fourth-order valence-electron chi connectivity index (χ4n) is 2.38. The lowest BCUT2D eigenvalue weighted by Crippen LogP contribution is -2.39. The Morgan fingerprint density at radius 1 is 1.39 bits per heavy atom. The zero-order chi connectivity index (χ0) is 13.0. The topological polar surface area (TPSA) is 15.3 Å². The molecule has 2 rings (SSSR count). The molecular weight excluding hydrogens is 240 g/mol. The van der Waals surface area contributed by atoms with E-state index in [2.05, 4.69) is 48.5 Å². The second-order valence-corrected chi connectivity index (χ2v) is 6.74. The van der Waals surface area contributed by atoms with E-state index in [4.69, 9.17) is 0 Å². The van der Waals surface area contributed by atoms with E-state index in [1.54, 1.807) is 0 Å². The molecule has 3 heteroatoms. The minimum absolute atomic E-state index is 0.614. The number of rotatable bonds is 8. The summed E-state index contributed by atoms with van der Waals surface area (Å²) in [6.07, 6.45) is 4.02. The molecule has 0 bridgehead atoms. The summed E-state index contributed by atoms with van der Waals surface area (Å²) in [5.41, 5.74) is 0. The van der Waals surface area contributed by atoms with Gasteiger partial charge in [0.1, 0.15) is 0 Å². The third-order valence-corrected chi connectivity index (χ3v) is 4.58. The lowest BCUT2D eigenvalue weighted by Gasteiger charge is -2.32. The van der Waals surface area contributed by atoms with Gasteiger partial charge in [0.15, 0.2) is 0 Å². The third-order valence-electron chi connectivity index (χ3n) is 3.72. The van der Waals surface area contributed by atoms with Crippen molar-refractivity contribution in [1.82, 2.24) is 10.2 Å². The first-order valence-corrected chi connectivity index (χ1v) is 8.06. The molecule has 1 aromatic rings. The first kappa shape index (κ1) is 14.0. The van der Waals surface area contributed by atoms with Gasteiger partial charge in [0, 0.05) is 29.5 Å². The zero-order valence-electron chi connectivity index (χ0n) is 11.9. The molecule has 0 aromatic carbocycles. The Bertz CT molecular complexity index is 330. The van der Waals surface area contributed by atoms with E-state index in [-0.39, 0.29) is 0 Å². The van der Waals surface area contributed by atoms with Gasteiger partial charge >= 0.3 is 0 Å². The first-order valence-electron chi connectivity index (χ1n) is 7.18. The van der Waals surface area contributed by atoms with Crippen LogP contribution in [0.15, 0.2) is 17.5 Å². The van der Waals surface area contributed by atoms with Crippen LogP contribution in [0.25, 0.3) is 0 Å². The van der Waals surface area contributed by atoms with Gasteiger partial charge in [-0.05, 0) is 58.0 Å². The van der Waals surface area contributed by atoms with Gasteiger partial charge in [-0.2, -0.15) is 0 Å². The Hall–Kier alpha value is -0.380. The van der Waals surface area contributed by atoms with Gasteiger partial charge in [0.2, 0.25) is 0 Å². The predicted octanol–water partition coefficient (Wildman–Crippen LogP) is 3.49. The van der Waals surface area contributed by atoms with E-state index in [1.165, 1.54) is 30.7 Å². The molecule has 1 heterocycles. The molecule has 0 saturated heterocycles. The summed E-state index contributed by atoms with van der Waals surface area (Å²) >= 11 is 1.87. The van der Waals surface area contributed by atoms with Gasteiger partial charge in [-0.1, -0.05) is 6.07 Å². The maximum atomic E-state index is 3.62. The van der Waals surface area contributed by atoms with Crippen LogP contribution >= 0.6 is 11.3 Å². The number of thiophene rings is 1. The Balaban J connectivity index is 1.79. The summed E-state index contributed by atoms with van der Waals surface area (Å²) in [7, 11) is 0. The van der Waals surface area contributed by atoms with Crippen LogP contribution in [-0.4, -0.2) is 29.6 Å². The van der Waals surface area contributed by atoms with E-state index >= 15 is 0 Å². The molecular formula is C15H26N2S. The minimum Gasteiger partial charge on any atom is -0.314 e. The summed E-state index contributed by atoms with van der Waals surface area (Å²) < 4.78 is 0. The van der Waals surface area contributed by atoms with Crippen molar-refractivity contribution >= 4 is 11.3 Å². The molecule has 1 aromatic heterocycles. The first-order chi connectivity index (χ1) is 8.66. The highest BCUT2D eigenvalue weighted by Crippen LogP contribution is 2.20. The molecule has 1 aliphatic rings. The molecule has 18 heavy (non-hydrogen) atoms. The molecule has 1 aliphatic carbocycles. The van der Waals surface area contributed by atoms with Crippen LogP contribution < -0.4 is 5.32 Å². The summed E-state index contributed by atoms with van der Waals surface area (Å²) in [4.78, 5) is 4.09. The average molecular weight is 266 g/mol. The van der Waals surface area contributed by atoms with Crippen LogP contribution in [0.4, 0.5) is 0 Å². The molecule has 0 spiro atoms. The number of nitrogens with one attached hydrogen (secondary N) is 1. The van der Waals surface area contributed by atoms with Crippen LogP contribution in [0.3, 0.4) is 0 Å². The predicted molar refractivity (Wildman–Crippen MR) is 80.1 cm³/mol. The van der Waals surface area contributed by atoms with Gasteiger partial charge < -0.3 is 5.32 Å². The van der Waals surface area contributed by atoms with Crippen LogP contribution in [0, 0.1) is 0 Å². The van der Waals surface area contributed by atoms with Crippen LogP contribution in [-0.2, 0) is 6.54 Å². The number of hydrogen-bond acceptors (Lipinski definition) is 3. The smallest absolute Gasteiger partial charge is 0.0333 e. The lowest BCUT2D eigenvalue weighted by molar-refractivity contribution is 0.148. The SMILES string of the molecule is CC(C)N(Cc1cccs1)C(C)CCNC1CC1. The molecule has 1 fully saturated rings. The molecule has 1 N–H and O–H groups in total. The van der Waals surface area contributed by atoms with E-state index in [9.17, 15) is 0 Å². The largest absolute Gasteiger partial charge is 0.314 e. The van der Waals surface area contributed by atoms with Crippen molar-refractivity contribution in [1.29, 1.82) is 0 Å². The Labute approximate surface area is 115 Å². The quantitative estimate of drug-likeness (QED) is 0.775. The Morgan fingerprint density at radius 2 is 2.17 bits per heavy atom. The maximum absolute atomic E-state index is 3.62. The monoisotopic (exact) mass is 266 g/mol. The summed E-state index contributed by atoms with van der Waals surface area (Å²) in [6, 6.07) is 6.50. The second-order valence-electron chi connectivity index (χ2n) is 5.71. The molecule has 1 unspecified atom stereocenters. The highest BCUT2D eigenvalue weighted by molar-refractivity contribution is 7.09. The fraction of sp³-hybridized carbons (Fsp3) is 0.733. The summed E-state index contributed by atoms with van der Waals surface area (Å²) in [5, 5.41) is 5.79. The molecule has 0 amide bonds. The van der Waals surface area contributed by atoms with Crippen molar-refractivity contribution in [2.24, 2.45) is 0 Å². The third kappa shape index (κ3) is 4.38. The standard InChI is InChI=1S/C15H26N2S/c1-12(2)17(11-15-5-4-10-18-15)13(3)8-9-16-14-6-7-14/h4-5,10,12-14,16H,6-9,11H2,1-3H3. The van der Waals surface area contributed by atoms with Gasteiger partial charge in [-0.15, -0.1) is 11.3 Å². The molecule has 0 aliphatic heterocycles. The highest BCUT2D eigenvalue weighted by Gasteiger charge is 2.22. The van der Waals surface area contributed by atoms with Crippen molar-refractivity contribution in [3.8, 4) is 0 Å². The van der Waals surface area contributed by atoms with Crippen molar-refractivity contribution in [3.05, 3.63) is 22.4 Å². The van der Waals surface area contributed by atoms with Gasteiger partial charge in [0.25, 0.3) is 0 Å². The van der Waals surface area contributed by atoms with Gasteiger partial charge in [0.05, 0.1) is 0 Å². The normalized spacial score (nSPS) is 17.6. The van der Waals surface area contributed by atoms with Crippen LogP contribution in [0.2, 0.25) is 0 Å². The number of nitrogens with zero attached hydrogens (tertiary/aromatic N) is 1. The molecule has 0 radical (unpaired) electrons. The second kappa shape index (κ2) is 6.69. The van der Waals surface area contributed by atoms with E-state index in [1.807, 2.05) is 11.3 Å². The summed E-state index contributed by atoms with van der Waals surface area (Å²) in [6.45, 7) is 9.23. The van der Waals surface area contributed by atoms with Crippen molar-refractivity contribution in [3.63, 3.8) is 0 Å². The molecule has 1 saturated carbocycles. The van der Waals surface area contributed by atoms with Gasteiger partial charge in [-0.3, -0.25) is 4.90 Å². The van der Waals surface area contributed by atoms with E-state index in [0.29, 0.717) is 12.1 Å². The number of hydrogen-bond donors (Lipinski definition) is 1. The maximum Gasteiger partial charge on any atom is 0.0333 e. The van der Waals surface area contributed by atoms with Crippen molar-refractivity contribution in [2.75, 3.05) is 6.54 Å². The Kier molecular flexibility index (Phi) is 5.22. The highest BCUT2D eigenvalue weighted by atomic mass is 32.1. The van der Waals surface area contributed by atoms with Gasteiger partial charge in [-0.25, -0.2) is 0 Å². The molecule has 1 atom stereocenters. The minimum atomic E-state index is 0.614. The van der Waals surface area contributed by atoms with Crippen LogP contribution in [0.5, 0.6) is 0 Å². The fourth-order valence-corrected chi connectivity index (χ4v) is 3.09. The van der Waals surface area contributed by atoms with Crippen molar-refractivity contribution in [2.45, 2.75) is 64.7 Å². The van der Waals surface area contributed by atoms with Crippen molar-refractivity contribution < 1.29 is 0 Å².